The lowest BCUT2D eigenvalue weighted by Crippen LogP contribution is -2.43. The Kier molecular flexibility index (Phi) is 6.13. The van der Waals surface area contributed by atoms with Gasteiger partial charge in [0.1, 0.15) is 11.4 Å². The Morgan fingerprint density at radius 2 is 2.00 bits per heavy atom. The Labute approximate surface area is 158 Å². The minimum absolute atomic E-state index is 0.140. The zero-order valence-corrected chi connectivity index (χ0v) is 16.3. The molecule has 1 aliphatic rings. The van der Waals surface area contributed by atoms with Crippen LogP contribution in [0.1, 0.15) is 27.2 Å². The molecule has 26 heavy (non-hydrogen) atoms. The van der Waals surface area contributed by atoms with Crippen LogP contribution in [-0.4, -0.2) is 56.5 Å². The van der Waals surface area contributed by atoms with Gasteiger partial charge in [-0.3, -0.25) is 4.79 Å². The fourth-order valence-corrected chi connectivity index (χ4v) is 4.20. The number of likely N-dealkylation sites (tertiary alicyclic amines) is 1. The lowest BCUT2D eigenvalue weighted by molar-refractivity contribution is -0.130. The summed E-state index contributed by atoms with van der Waals surface area (Å²) in [6, 6.07) is 7.61. The second kappa shape index (κ2) is 8.53. The Morgan fingerprint density at radius 3 is 2.73 bits per heavy atom. The first kappa shape index (κ1) is 18.7. The maximum absolute atomic E-state index is 12.6. The van der Waals surface area contributed by atoms with Crippen molar-refractivity contribution in [2.45, 2.75) is 32.3 Å². The van der Waals surface area contributed by atoms with Gasteiger partial charge in [0.15, 0.2) is 0 Å². The quantitative estimate of drug-likeness (QED) is 0.723. The minimum atomic E-state index is 0.140. The summed E-state index contributed by atoms with van der Waals surface area (Å²) in [5.41, 5.74) is 0.773. The number of para-hydroxylation sites is 2. The van der Waals surface area contributed by atoms with Crippen molar-refractivity contribution in [3.05, 3.63) is 24.3 Å². The second-order valence-corrected chi connectivity index (χ2v) is 7.75. The van der Waals surface area contributed by atoms with E-state index in [0.29, 0.717) is 35.1 Å². The average Bonchev–Trinajstić information content (AvgIpc) is 3.08. The molecule has 0 bridgehead atoms. The fourth-order valence-electron chi connectivity index (χ4n) is 3.41. The number of carbonyl (C=O) groups excluding carboxylic acids is 1. The summed E-state index contributed by atoms with van der Waals surface area (Å²) in [5, 5.41) is 12.5. The van der Waals surface area contributed by atoms with Crippen LogP contribution in [0.15, 0.2) is 29.4 Å². The number of thioether (sulfide) groups is 1. The van der Waals surface area contributed by atoms with Crippen molar-refractivity contribution < 1.29 is 9.53 Å². The smallest absolute Gasteiger partial charge is 0.233 e. The molecule has 7 nitrogen and oxygen atoms in total. The predicted octanol–water partition coefficient (Wildman–Crippen LogP) is 2.66. The number of amides is 1. The molecular formula is C18H25N5O2S. The maximum Gasteiger partial charge on any atom is 0.233 e. The van der Waals surface area contributed by atoms with Crippen LogP contribution in [0.4, 0.5) is 0 Å². The highest BCUT2D eigenvalue weighted by molar-refractivity contribution is 7.99. The normalized spacial score (nSPS) is 20.2. The number of benzene rings is 1. The van der Waals surface area contributed by atoms with Crippen LogP contribution < -0.4 is 4.74 Å². The zero-order valence-electron chi connectivity index (χ0n) is 15.5. The molecule has 0 radical (unpaired) electrons. The number of aromatic nitrogens is 4. The van der Waals surface area contributed by atoms with Crippen molar-refractivity contribution in [3.63, 3.8) is 0 Å². The van der Waals surface area contributed by atoms with Crippen LogP contribution >= 0.6 is 11.8 Å². The van der Waals surface area contributed by atoms with E-state index in [0.717, 1.165) is 18.8 Å². The number of nitrogens with zero attached hydrogens (tertiary/aromatic N) is 5. The summed E-state index contributed by atoms with van der Waals surface area (Å²) in [4.78, 5) is 14.6. The van der Waals surface area contributed by atoms with E-state index < -0.39 is 0 Å². The van der Waals surface area contributed by atoms with Gasteiger partial charge in [-0.15, -0.1) is 5.10 Å². The van der Waals surface area contributed by atoms with E-state index in [2.05, 4.69) is 29.4 Å². The van der Waals surface area contributed by atoms with E-state index in [-0.39, 0.29) is 5.91 Å². The molecule has 140 valence electrons. The third-order valence-corrected chi connectivity index (χ3v) is 5.28. The molecule has 8 heteroatoms. The topological polar surface area (TPSA) is 73.1 Å². The van der Waals surface area contributed by atoms with E-state index in [4.69, 9.17) is 4.74 Å². The fraction of sp³-hybridized carbons (Fsp3) is 0.556. The molecule has 1 saturated heterocycles. The molecule has 2 atom stereocenters. The van der Waals surface area contributed by atoms with E-state index in [1.165, 1.54) is 18.2 Å². The monoisotopic (exact) mass is 375 g/mol. The minimum Gasteiger partial charge on any atom is -0.492 e. The largest absolute Gasteiger partial charge is 0.492 e. The van der Waals surface area contributed by atoms with Gasteiger partial charge in [-0.05, 0) is 47.7 Å². The van der Waals surface area contributed by atoms with Crippen molar-refractivity contribution >= 4 is 17.7 Å². The van der Waals surface area contributed by atoms with E-state index in [9.17, 15) is 4.79 Å². The van der Waals surface area contributed by atoms with Gasteiger partial charge < -0.3 is 9.64 Å². The number of rotatable bonds is 6. The van der Waals surface area contributed by atoms with E-state index in [1.54, 1.807) is 4.68 Å². The first-order chi connectivity index (χ1) is 12.6. The summed E-state index contributed by atoms with van der Waals surface area (Å²) in [5.74, 6) is 2.29. The predicted molar refractivity (Wildman–Crippen MR) is 101 cm³/mol. The molecule has 2 aromatic rings. The van der Waals surface area contributed by atoms with Gasteiger partial charge in [0.05, 0.1) is 12.4 Å². The van der Waals surface area contributed by atoms with Gasteiger partial charge in [0.2, 0.25) is 11.1 Å². The van der Waals surface area contributed by atoms with E-state index >= 15 is 0 Å². The maximum atomic E-state index is 12.6. The van der Waals surface area contributed by atoms with Crippen molar-refractivity contribution in [3.8, 4) is 11.4 Å². The molecule has 0 saturated carbocycles. The third kappa shape index (κ3) is 4.35. The summed E-state index contributed by atoms with van der Waals surface area (Å²) in [6.07, 6.45) is 1.18. The molecular weight excluding hydrogens is 350 g/mol. The number of piperidine rings is 1. The molecule has 0 aliphatic carbocycles. The van der Waals surface area contributed by atoms with Gasteiger partial charge in [-0.25, -0.2) is 0 Å². The van der Waals surface area contributed by atoms with E-state index in [1.807, 2.05) is 36.1 Å². The highest BCUT2D eigenvalue weighted by Gasteiger charge is 2.26. The lowest BCUT2D eigenvalue weighted by atomic mass is 9.92. The number of tetrazole rings is 1. The van der Waals surface area contributed by atoms with Crippen LogP contribution in [0.2, 0.25) is 0 Å². The number of hydrogen-bond acceptors (Lipinski definition) is 6. The summed E-state index contributed by atoms with van der Waals surface area (Å²) >= 11 is 1.36. The molecule has 1 aromatic carbocycles. The standard InChI is InChI=1S/C18H25N5O2S/c1-4-25-16-8-6-5-7-15(16)23-18(19-20-21-23)26-12-17(24)22-10-13(2)9-14(3)11-22/h5-8,13-14H,4,9-12H2,1-3H3. The Balaban J connectivity index is 1.69. The van der Waals surface area contributed by atoms with Crippen LogP contribution in [0.5, 0.6) is 5.75 Å². The molecule has 0 spiro atoms. The highest BCUT2D eigenvalue weighted by Crippen LogP contribution is 2.27. The van der Waals surface area contributed by atoms with Gasteiger partial charge in [0, 0.05) is 13.1 Å². The van der Waals surface area contributed by atoms with Crippen molar-refractivity contribution in [2.75, 3.05) is 25.4 Å². The summed E-state index contributed by atoms with van der Waals surface area (Å²) in [7, 11) is 0. The first-order valence-corrected chi connectivity index (χ1v) is 9.98. The van der Waals surface area contributed by atoms with Crippen LogP contribution in [-0.2, 0) is 4.79 Å². The van der Waals surface area contributed by atoms with Crippen molar-refractivity contribution in [2.24, 2.45) is 11.8 Å². The van der Waals surface area contributed by atoms with Gasteiger partial charge in [-0.2, -0.15) is 4.68 Å². The molecule has 1 aromatic heterocycles. The van der Waals surface area contributed by atoms with Crippen LogP contribution in [0.3, 0.4) is 0 Å². The lowest BCUT2D eigenvalue weighted by Gasteiger charge is -2.34. The molecule has 1 aliphatic heterocycles. The van der Waals surface area contributed by atoms with Gasteiger partial charge >= 0.3 is 0 Å². The number of carbonyl (C=O) groups is 1. The van der Waals surface area contributed by atoms with Crippen LogP contribution in [0.25, 0.3) is 5.69 Å². The molecule has 1 fully saturated rings. The molecule has 3 rings (SSSR count). The van der Waals surface area contributed by atoms with Crippen molar-refractivity contribution in [1.29, 1.82) is 0 Å². The van der Waals surface area contributed by atoms with Gasteiger partial charge in [-0.1, -0.05) is 37.7 Å². The SMILES string of the molecule is CCOc1ccccc1-n1nnnc1SCC(=O)N1CC(C)CC(C)C1. The third-order valence-electron chi connectivity index (χ3n) is 4.38. The highest BCUT2D eigenvalue weighted by atomic mass is 32.2. The first-order valence-electron chi connectivity index (χ1n) is 8.99. The van der Waals surface area contributed by atoms with Crippen LogP contribution in [0, 0.1) is 11.8 Å². The Morgan fingerprint density at radius 1 is 1.27 bits per heavy atom. The Hall–Kier alpha value is -2.09. The molecule has 1 amide bonds. The summed E-state index contributed by atoms with van der Waals surface area (Å²) < 4.78 is 7.29. The molecule has 0 N–H and O–H groups in total. The van der Waals surface area contributed by atoms with Crippen molar-refractivity contribution in [1.82, 2.24) is 25.1 Å². The second-order valence-electron chi connectivity index (χ2n) is 6.81. The average molecular weight is 375 g/mol. The number of ether oxygens (including phenoxy) is 1. The molecule has 2 unspecified atom stereocenters. The zero-order chi connectivity index (χ0) is 18.5. The van der Waals surface area contributed by atoms with Gasteiger partial charge in [0.25, 0.3) is 0 Å². The Bertz CT molecular complexity index is 741. The molecule has 2 heterocycles. The number of hydrogen-bond donors (Lipinski definition) is 0. The summed E-state index contributed by atoms with van der Waals surface area (Å²) in [6.45, 7) is 8.57.